The number of carbonyl (C=O) groups is 1. The molecule has 0 radical (unpaired) electrons. The summed E-state index contributed by atoms with van der Waals surface area (Å²) in [6.07, 6.45) is -8.58. The van der Waals surface area contributed by atoms with E-state index in [0.717, 1.165) is 16.7 Å². The Morgan fingerprint density at radius 2 is 1.77 bits per heavy atom. The summed E-state index contributed by atoms with van der Waals surface area (Å²) in [5, 5.41) is 5.89. The number of rotatable bonds is 5. The van der Waals surface area contributed by atoms with Crippen molar-refractivity contribution in [3.05, 3.63) is 64.2 Å². The molecule has 2 aromatic heterocycles. The Labute approximate surface area is 163 Å². The van der Waals surface area contributed by atoms with Crippen LogP contribution in [0, 0.1) is 0 Å². The van der Waals surface area contributed by atoms with Crippen LogP contribution >= 0.6 is 0 Å². The Bertz CT molecular complexity index is 1130. The summed E-state index contributed by atoms with van der Waals surface area (Å²) in [6.45, 7) is -1.92. The number of hydrogen-bond donors (Lipinski definition) is 1. The molecule has 7 nitrogen and oxygen atoms in total. The van der Waals surface area contributed by atoms with Gasteiger partial charge in [-0.15, -0.1) is 18.3 Å². The van der Waals surface area contributed by atoms with Gasteiger partial charge in [-0.2, -0.15) is 13.2 Å². The van der Waals surface area contributed by atoms with Gasteiger partial charge in [-0.3, -0.25) is 4.79 Å². The fraction of sp³-hybridized carbons (Fsp3) is 0.235. The van der Waals surface area contributed by atoms with Crippen LogP contribution in [-0.4, -0.2) is 32.6 Å². The second-order valence-electron chi connectivity index (χ2n) is 6.04. The van der Waals surface area contributed by atoms with Crippen LogP contribution < -0.4 is 15.7 Å². The molecule has 160 valence electrons. The van der Waals surface area contributed by atoms with Gasteiger partial charge in [-0.25, -0.2) is 13.9 Å². The highest BCUT2D eigenvalue weighted by Gasteiger charge is 2.32. The summed E-state index contributed by atoms with van der Waals surface area (Å²) in [5.41, 5.74) is -1.27. The highest BCUT2D eigenvalue weighted by Crippen LogP contribution is 2.26. The molecule has 30 heavy (non-hydrogen) atoms. The lowest BCUT2D eigenvalue weighted by Crippen LogP contribution is -2.29. The monoisotopic (exact) mass is 434 g/mol. The van der Waals surface area contributed by atoms with Gasteiger partial charge in [0.05, 0.1) is 5.56 Å². The van der Waals surface area contributed by atoms with Crippen LogP contribution in [-0.2, 0) is 13.1 Å². The molecular weight excluding hydrogens is 422 g/mol. The predicted molar refractivity (Wildman–Crippen MR) is 89.8 cm³/mol. The standard InChI is InChI=1S/C17H12F6N4O3/c18-16(19,20)9-27-15(29)26-8-11(5-6-13(26)25-27)14(28)24-7-10-3-1-2-4-12(10)30-17(21,22)23/h1-6,8H,7,9H2,(H,24,28). The Kier molecular flexibility index (Phi) is 5.46. The fourth-order valence-electron chi connectivity index (χ4n) is 2.58. The van der Waals surface area contributed by atoms with Gasteiger partial charge in [0, 0.05) is 18.3 Å². The van der Waals surface area contributed by atoms with Gasteiger partial charge in [-0.1, -0.05) is 18.2 Å². The molecule has 2 heterocycles. The smallest absolute Gasteiger partial charge is 0.405 e. The Morgan fingerprint density at radius 3 is 2.43 bits per heavy atom. The zero-order valence-electron chi connectivity index (χ0n) is 14.8. The maximum atomic E-state index is 12.5. The predicted octanol–water partition coefficient (Wildman–Crippen LogP) is 2.89. The zero-order chi connectivity index (χ0) is 22.1. The van der Waals surface area contributed by atoms with Crippen LogP contribution in [0.15, 0.2) is 47.4 Å². The van der Waals surface area contributed by atoms with Crippen molar-refractivity contribution in [1.29, 1.82) is 0 Å². The maximum Gasteiger partial charge on any atom is 0.573 e. The molecule has 0 spiro atoms. The number of ether oxygens (including phenoxy) is 1. The molecule has 3 rings (SSSR count). The largest absolute Gasteiger partial charge is 0.573 e. The highest BCUT2D eigenvalue weighted by atomic mass is 19.4. The number of alkyl halides is 6. The molecule has 0 aliphatic heterocycles. The molecule has 0 aliphatic carbocycles. The number of halogens is 6. The number of para-hydroxylation sites is 1. The van der Waals surface area contributed by atoms with Crippen LogP contribution in [0.2, 0.25) is 0 Å². The normalized spacial score (nSPS) is 12.2. The number of pyridine rings is 1. The maximum absolute atomic E-state index is 12.5. The molecule has 0 atom stereocenters. The number of benzene rings is 1. The van der Waals surface area contributed by atoms with E-state index in [1.165, 1.54) is 30.3 Å². The van der Waals surface area contributed by atoms with Gasteiger partial charge in [0.15, 0.2) is 5.65 Å². The average molecular weight is 434 g/mol. The van der Waals surface area contributed by atoms with Crippen molar-refractivity contribution < 1.29 is 35.9 Å². The van der Waals surface area contributed by atoms with E-state index >= 15 is 0 Å². The van der Waals surface area contributed by atoms with Crippen molar-refractivity contribution in [1.82, 2.24) is 19.5 Å². The molecule has 0 unspecified atom stereocenters. The number of amides is 1. The molecule has 0 fully saturated rings. The fourth-order valence-corrected chi connectivity index (χ4v) is 2.58. The first kappa shape index (κ1) is 21.2. The molecular formula is C17H12F6N4O3. The summed E-state index contributed by atoms with van der Waals surface area (Å²) in [4.78, 5) is 24.4. The van der Waals surface area contributed by atoms with Gasteiger partial charge in [0.2, 0.25) is 0 Å². The first-order valence-electron chi connectivity index (χ1n) is 8.21. The second-order valence-corrected chi connectivity index (χ2v) is 6.04. The topological polar surface area (TPSA) is 77.6 Å². The Morgan fingerprint density at radius 1 is 1.07 bits per heavy atom. The van der Waals surface area contributed by atoms with E-state index in [1.54, 1.807) is 0 Å². The summed E-state index contributed by atoms with van der Waals surface area (Å²) in [6, 6.07) is 7.56. The zero-order valence-corrected chi connectivity index (χ0v) is 14.8. The number of nitrogens with zero attached hydrogens (tertiary/aromatic N) is 3. The van der Waals surface area contributed by atoms with Gasteiger partial charge in [-0.05, 0) is 18.2 Å². The molecule has 0 saturated heterocycles. The minimum absolute atomic E-state index is 0.0411. The number of aromatic nitrogens is 3. The van der Waals surface area contributed by atoms with Crippen molar-refractivity contribution in [2.45, 2.75) is 25.6 Å². The molecule has 1 N–H and O–H groups in total. The van der Waals surface area contributed by atoms with E-state index < -0.39 is 36.4 Å². The number of carbonyl (C=O) groups excluding carboxylic acids is 1. The van der Waals surface area contributed by atoms with Crippen molar-refractivity contribution in [3.63, 3.8) is 0 Å². The molecule has 1 amide bonds. The minimum Gasteiger partial charge on any atom is -0.405 e. The molecule has 1 aromatic carbocycles. The van der Waals surface area contributed by atoms with Gasteiger partial charge >= 0.3 is 18.2 Å². The Hall–Kier alpha value is -3.51. The average Bonchev–Trinajstić information content (AvgIpc) is 2.93. The molecule has 3 aromatic rings. The van der Waals surface area contributed by atoms with Gasteiger partial charge < -0.3 is 10.1 Å². The summed E-state index contributed by atoms with van der Waals surface area (Å²) < 4.78 is 79.7. The highest BCUT2D eigenvalue weighted by molar-refractivity contribution is 5.94. The number of nitrogens with one attached hydrogen (secondary N) is 1. The van der Waals surface area contributed by atoms with E-state index in [0.29, 0.717) is 0 Å². The summed E-state index contributed by atoms with van der Waals surface area (Å²) >= 11 is 0. The van der Waals surface area contributed by atoms with Crippen LogP contribution in [0.3, 0.4) is 0 Å². The molecule has 0 saturated carbocycles. The number of fused-ring (bicyclic) bond motifs is 1. The van der Waals surface area contributed by atoms with Crippen LogP contribution in [0.5, 0.6) is 5.75 Å². The Balaban J connectivity index is 1.78. The lowest BCUT2D eigenvalue weighted by molar-refractivity contribution is -0.274. The first-order chi connectivity index (χ1) is 13.9. The van der Waals surface area contributed by atoms with E-state index in [2.05, 4.69) is 15.2 Å². The number of hydrogen-bond acceptors (Lipinski definition) is 4. The van der Waals surface area contributed by atoms with Crippen molar-refractivity contribution in [2.24, 2.45) is 0 Å². The van der Waals surface area contributed by atoms with Crippen molar-refractivity contribution in [2.75, 3.05) is 0 Å². The lowest BCUT2D eigenvalue weighted by Gasteiger charge is -2.13. The summed E-state index contributed by atoms with van der Waals surface area (Å²) in [5.74, 6) is -1.26. The third kappa shape index (κ3) is 5.10. The minimum atomic E-state index is -4.91. The van der Waals surface area contributed by atoms with Crippen LogP contribution in [0.25, 0.3) is 5.65 Å². The molecule has 0 aliphatic rings. The van der Waals surface area contributed by atoms with Gasteiger partial charge in [0.1, 0.15) is 12.3 Å². The second kappa shape index (κ2) is 7.72. The summed E-state index contributed by atoms with van der Waals surface area (Å²) in [7, 11) is 0. The first-order valence-corrected chi connectivity index (χ1v) is 8.21. The third-order valence-corrected chi connectivity index (χ3v) is 3.81. The molecule has 0 bridgehead atoms. The van der Waals surface area contributed by atoms with Crippen LogP contribution in [0.4, 0.5) is 26.3 Å². The molecule has 13 heteroatoms. The van der Waals surface area contributed by atoms with Crippen molar-refractivity contribution in [3.8, 4) is 5.75 Å². The van der Waals surface area contributed by atoms with Crippen molar-refractivity contribution >= 4 is 11.6 Å². The SMILES string of the molecule is O=C(NCc1ccccc1OC(F)(F)F)c1ccc2nn(CC(F)(F)F)c(=O)n2c1. The van der Waals surface area contributed by atoms with E-state index in [4.69, 9.17) is 0 Å². The van der Waals surface area contributed by atoms with E-state index in [9.17, 15) is 35.9 Å². The van der Waals surface area contributed by atoms with E-state index in [-0.39, 0.29) is 28.0 Å². The third-order valence-electron chi connectivity index (χ3n) is 3.81. The van der Waals surface area contributed by atoms with E-state index in [1.807, 2.05) is 0 Å². The van der Waals surface area contributed by atoms with Gasteiger partial charge in [0.25, 0.3) is 5.91 Å². The lowest BCUT2D eigenvalue weighted by atomic mass is 10.2. The van der Waals surface area contributed by atoms with Crippen LogP contribution in [0.1, 0.15) is 15.9 Å². The quantitative estimate of drug-likeness (QED) is 0.627.